The number of rotatable bonds is 4. The minimum absolute atomic E-state index is 0.750. The van der Waals surface area contributed by atoms with E-state index >= 15 is 0 Å². The molecule has 0 N–H and O–H groups in total. The summed E-state index contributed by atoms with van der Waals surface area (Å²) in [6.07, 6.45) is 10.6. The molecule has 5 rings (SSSR count). The van der Waals surface area contributed by atoms with E-state index in [1.807, 2.05) is 0 Å². The van der Waals surface area contributed by atoms with Gasteiger partial charge in [-0.1, -0.05) is 62.2 Å². The Hall–Kier alpha value is -1.93. The first-order valence-corrected chi connectivity index (χ1v) is 15.0. The molecule has 2 fully saturated rings. The minimum Gasteiger partial charge on any atom is -0.200 e. The molecule has 1 heterocycles. The molecule has 156 valence electrons. The fourth-order valence-electron chi connectivity index (χ4n) is 5.78. The molecule has 0 atom stereocenters. The zero-order chi connectivity index (χ0) is 21.0. The van der Waals surface area contributed by atoms with Crippen LogP contribution in [0.5, 0.6) is 0 Å². The number of hydrogen-bond acceptors (Lipinski definition) is 0. The predicted molar refractivity (Wildman–Crippen MR) is 131 cm³/mol. The van der Waals surface area contributed by atoms with Gasteiger partial charge in [-0.25, -0.2) is 4.57 Å². The maximum atomic E-state index is 2.56. The van der Waals surface area contributed by atoms with Crippen LogP contribution >= 0.6 is 0 Å². The molecule has 0 aliphatic heterocycles. The minimum atomic E-state index is -1.33. The highest BCUT2D eigenvalue weighted by atomic mass is 28.3. The first-order valence-electron chi connectivity index (χ1n) is 11.9. The van der Waals surface area contributed by atoms with Gasteiger partial charge in [0.2, 0.25) is 5.69 Å². The van der Waals surface area contributed by atoms with Gasteiger partial charge in [0.15, 0.2) is 6.20 Å². The predicted octanol–water partition coefficient (Wildman–Crippen LogP) is 6.69. The van der Waals surface area contributed by atoms with Gasteiger partial charge < -0.3 is 0 Å². The highest BCUT2D eigenvalue weighted by Gasteiger charge is 2.41. The summed E-state index contributed by atoms with van der Waals surface area (Å²) >= 11 is 0. The molecule has 0 saturated heterocycles. The van der Waals surface area contributed by atoms with Crippen molar-refractivity contribution < 1.29 is 4.57 Å². The number of fused-ring (bicyclic) bond motifs is 1. The first-order chi connectivity index (χ1) is 14.4. The van der Waals surface area contributed by atoms with Crippen molar-refractivity contribution in [2.24, 2.45) is 7.05 Å². The molecule has 0 unspecified atom stereocenters. The highest BCUT2D eigenvalue weighted by molar-refractivity contribution is 6.91. The van der Waals surface area contributed by atoms with E-state index < -0.39 is 8.07 Å². The van der Waals surface area contributed by atoms with E-state index in [0.29, 0.717) is 0 Å². The van der Waals surface area contributed by atoms with Gasteiger partial charge in [-0.15, -0.1) is 0 Å². The van der Waals surface area contributed by atoms with Crippen molar-refractivity contribution in [3.05, 3.63) is 59.3 Å². The van der Waals surface area contributed by atoms with Gasteiger partial charge in [0, 0.05) is 6.07 Å². The number of aryl methyl sites for hydroxylation is 2. The molecule has 2 heteroatoms. The fraction of sp³-hybridized carbons (Fsp3) is 0.464. The summed E-state index contributed by atoms with van der Waals surface area (Å²) in [6.45, 7) is 9.73. The molecular formula is C28H36NSi+. The molecule has 2 saturated carbocycles. The Morgan fingerprint density at radius 1 is 0.900 bits per heavy atom. The van der Waals surface area contributed by atoms with Gasteiger partial charge in [0.25, 0.3) is 0 Å². The van der Waals surface area contributed by atoms with Crippen LogP contribution in [0.25, 0.3) is 22.0 Å². The van der Waals surface area contributed by atoms with Crippen molar-refractivity contribution in [1.29, 1.82) is 0 Å². The van der Waals surface area contributed by atoms with Crippen LogP contribution in [0.1, 0.15) is 61.1 Å². The summed E-state index contributed by atoms with van der Waals surface area (Å²) in [4.78, 5) is 0. The van der Waals surface area contributed by atoms with E-state index in [1.165, 1.54) is 71.7 Å². The van der Waals surface area contributed by atoms with Crippen LogP contribution < -0.4 is 9.75 Å². The third kappa shape index (κ3) is 3.34. The summed E-state index contributed by atoms with van der Waals surface area (Å²) in [5.41, 5.74) is 8.22. The van der Waals surface area contributed by atoms with E-state index in [-0.39, 0.29) is 0 Å². The van der Waals surface area contributed by atoms with Crippen LogP contribution in [0, 0.1) is 13.8 Å². The Morgan fingerprint density at radius 3 is 2.33 bits per heavy atom. The average molecular weight is 415 g/mol. The smallest absolute Gasteiger partial charge is 0.200 e. The molecule has 3 aromatic rings. The Labute approximate surface area is 183 Å². The number of benzene rings is 2. The van der Waals surface area contributed by atoms with Crippen molar-refractivity contribution in [2.75, 3.05) is 0 Å². The van der Waals surface area contributed by atoms with Crippen molar-refractivity contribution in [2.45, 2.75) is 76.9 Å². The lowest BCUT2D eigenvalue weighted by atomic mass is 9.89. The molecular weight excluding hydrogens is 378 g/mol. The second-order valence-corrected chi connectivity index (χ2v) is 15.4. The van der Waals surface area contributed by atoms with Crippen LogP contribution in [0.2, 0.25) is 18.6 Å². The lowest BCUT2D eigenvalue weighted by molar-refractivity contribution is -0.659. The van der Waals surface area contributed by atoms with E-state index in [2.05, 4.69) is 81.2 Å². The summed E-state index contributed by atoms with van der Waals surface area (Å²) in [6, 6.07) is 14.7. The van der Waals surface area contributed by atoms with Gasteiger partial charge in [0.05, 0.1) is 19.0 Å². The average Bonchev–Trinajstić information content (AvgIpc) is 3.46. The van der Waals surface area contributed by atoms with Crippen LogP contribution in [0.15, 0.2) is 42.6 Å². The number of hydrogen-bond donors (Lipinski definition) is 0. The summed E-state index contributed by atoms with van der Waals surface area (Å²) in [7, 11) is 0.884. The number of pyridine rings is 1. The monoisotopic (exact) mass is 414 g/mol. The zero-order valence-electron chi connectivity index (χ0n) is 19.4. The van der Waals surface area contributed by atoms with Crippen molar-refractivity contribution in [3.63, 3.8) is 0 Å². The Kier molecular flexibility index (Phi) is 4.89. The quantitative estimate of drug-likeness (QED) is 0.331. The lowest BCUT2D eigenvalue weighted by Crippen LogP contribution is -2.41. The molecule has 2 aromatic carbocycles. The van der Waals surface area contributed by atoms with E-state index in [9.17, 15) is 0 Å². The first kappa shape index (κ1) is 20.0. The molecule has 0 radical (unpaired) electrons. The van der Waals surface area contributed by atoms with Crippen LogP contribution in [-0.4, -0.2) is 8.07 Å². The Morgan fingerprint density at radius 2 is 1.63 bits per heavy atom. The fourth-order valence-corrected chi connectivity index (χ4v) is 8.90. The van der Waals surface area contributed by atoms with Crippen molar-refractivity contribution in [3.8, 4) is 11.3 Å². The van der Waals surface area contributed by atoms with Crippen molar-refractivity contribution in [1.82, 2.24) is 0 Å². The molecule has 0 spiro atoms. The Bertz CT molecular complexity index is 1120. The zero-order valence-corrected chi connectivity index (χ0v) is 20.4. The van der Waals surface area contributed by atoms with Crippen LogP contribution in [0.3, 0.4) is 0 Å². The molecule has 1 aromatic heterocycles. The second-order valence-electron chi connectivity index (χ2n) is 10.6. The van der Waals surface area contributed by atoms with Crippen LogP contribution in [-0.2, 0) is 7.05 Å². The third-order valence-corrected chi connectivity index (χ3v) is 12.7. The molecule has 0 amide bonds. The lowest BCUT2D eigenvalue weighted by Gasteiger charge is -2.23. The van der Waals surface area contributed by atoms with Gasteiger partial charge in [-0.3, -0.25) is 0 Å². The molecule has 2 aliphatic rings. The topological polar surface area (TPSA) is 3.88 Å². The Balaban J connectivity index is 1.68. The second kappa shape index (κ2) is 7.34. The molecule has 2 aliphatic carbocycles. The molecule has 1 nitrogen and oxygen atoms in total. The summed E-state index contributed by atoms with van der Waals surface area (Å²) in [5.74, 6) is 0.750. The maximum Gasteiger partial charge on any atom is 0.220 e. The van der Waals surface area contributed by atoms with Gasteiger partial charge in [-0.05, 0) is 72.4 Å². The largest absolute Gasteiger partial charge is 0.220 e. The van der Waals surface area contributed by atoms with Crippen LogP contribution in [0.4, 0.5) is 0 Å². The highest BCUT2D eigenvalue weighted by Crippen LogP contribution is 2.45. The number of nitrogens with zero attached hydrogens (tertiary/aromatic N) is 1. The summed E-state index contributed by atoms with van der Waals surface area (Å²) in [5, 5.41) is 4.44. The standard InChI is InChI=1S/C28H36NSi/c1-19-16-23(21-8-6-7-9-21)18-27(20(19)2)28-26-13-12-25(30(4,5)24-10-11-24)17-22(26)14-15-29(28)3/h12-18,21,24H,6-11H2,1-5H3/q+1. The van der Waals surface area contributed by atoms with Gasteiger partial charge >= 0.3 is 0 Å². The van der Waals surface area contributed by atoms with Crippen molar-refractivity contribution >= 4 is 24.0 Å². The van der Waals surface area contributed by atoms with E-state index in [4.69, 9.17) is 0 Å². The van der Waals surface area contributed by atoms with E-state index in [0.717, 1.165) is 11.5 Å². The molecule has 30 heavy (non-hydrogen) atoms. The third-order valence-electron chi connectivity index (χ3n) is 8.25. The maximum absolute atomic E-state index is 2.56. The summed E-state index contributed by atoms with van der Waals surface area (Å²) < 4.78 is 2.34. The molecule has 0 bridgehead atoms. The SMILES string of the molecule is Cc1cc(C2CCCC2)cc(-c2c3ccc([Si](C)(C)C4CC4)cc3cc[n+]2C)c1C. The van der Waals surface area contributed by atoms with Gasteiger partial charge in [0.1, 0.15) is 7.05 Å². The van der Waals surface area contributed by atoms with E-state index in [1.54, 1.807) is 10.8 Å². The number of aromatic nitrogens is 1. The van der Waals surface area contributed by atoms with Gasteiger partial charge in [-0.2, -0.15) is 0 Å². The normalized spacial score (nSPS) is 17.8.